The van der Waals surface area contributed by atoms with Crippen molar-refractivity contribution in [2.75, 3.05) is 13.2 Å². The van der Waals surface area contributed by atoms with Gasteiger partial charge in [-0.15, -0.1) is 0 Å². The van der Waals surface area contributed by atoms with Crippen LogP contribution >= 0.6 is 0 Å². The van der Waals surface area contributed by atoms with Crippen LogP contribution in [0, 0.1) is 35.5 Å². The highest BCUT2D eigenvalue weighted by atomic mass is 19.3. The average Bonchev–Trinajstić information content (AvgIpc) is 2.84. The number of ether oxygens (including phenoxy) is 2. The quantitative estimate of drug-likeness (QED) is 0.334. The van der Waals surface area contributed by atoms with E-state index >= 15 is 0 Å². The van der Waals surface area contributed by atoms with Crippen molar-refractivity contribution in [1.82, 2.24) is 0 Å². The molecule has 0 aromatic carbocycles. The second-order valence-corrected chi connectivity index (χ2v) is 12.0. The average molecular weight is 467 g/mol. The maximum Gasteiger partial charge on any atom is 0.266 e. The van der Waals surface area contributed by atoms with Crippen molar-refractivity contribution >= 4 is 0 Å². The Hall–Kier alpha value is -0.480. The van der Waals surface area contributed by atoms with Gasteiger partial charge in [-0.2, -0.15) is 8.78 Å². The third-order valence-electron chi connectivity index (χ3n) is 9.67. The van der Waals surface area contributed by atoms with E-state index in [9.17, 15) is 8.78 Å². The lowest BCUT2D eigenvalue weighted by molar-refractivity contribution is -0.0291. The van der Waals surface area contributed by atoms with Gasteiger partial charge in [-0.3, -0.25) is 0 Å². The Labute approximate surface area is 201 Å². The summed E-state index contributed by atoms with van der Waals surface area (Å²) in [5, 5.41) is 0. The van der Waals surface area contributed by atoms with Gasteiger partial charge in [0.2, 0.25) is 0 Å². The second-order valence-electron chi connectivity index (χ2n) is 12.0. The normalized spacial score (nSPS) is 40.3. The van der Waals surface area contributed by atoms with Crippen LogP contribution in [0.1, 0.15) is 110 Å². The van der Waals surface area contributed by atoms with Crippen LogP contribution in [-0.2, 0) is 9.47 Å². The molecule has 0 radical (unpaired) electrons. The molecule has 3 aliphatic carbocycles. The molecule has 33 heavy (non-hydrogen) atoms. The van der Waals surface area contributed by atoms with Crippen molar-refractivity contribution in [2.24, 2.45) is 35.5 Å². The van der Waals surface area contributed by atoms with Crippen LogP contribution in [0.15, 0.2) is 12.2 Å². The highest BCUT2D eigenvalue weighted by Crippen LogP contribution is 2.45. The van der Waals surface area contributed by atoms with Crippen LogP contribution in [0.25, 0.3) is 0 Å². The fourth-order valence-electron chi connectivity index (χ4n) is 7.50. The van der Waals surface area contributed by atoms with Crippen LogP contribution in [0.3, 0.4) is 0 Å². The van der Waals surface area contributed by atoms with Crippen LogP contribution in [0.2, 0.25) is 0 Å². The summed E-state index contributed by atoms with van der Waals surface area (Å²) >= 11 is 0. The molecule has 0 N–H and O–H groups in total. The van der Waals surface area contributed by atoms with Gasteiger partial charge in [-0.05, 0) is 144 Å². The molecule has 4 aliphatic rings. The molecule has 0 aromatic heterocycles. The van der Waals surface area contributed by atoms with E-state index in [1.165, 1.54) is 70.3 Å². The molecule has 1 saturated heterocycles. The first kappa shape index (κ1) is 25.6. The van der Waals surface area contributed by atoms with Gasteiger partial charge in [-0.25, -0.2) is 0 Å². The molecule has 3 saturated carbocycles. The zero-order chi connectivity index (χ0) is 23.0. The molecule has 0 amide bonds. The van der Waals surface area contributed by atoms with Gasteiger partial charge in [0.15, 0.2) is 0 Å². The van der Waals surface area contributed by atoms with Crippen LogP contribution < -0.4 is 0 Å². The van der Waals surface area contributed by atoms with Crippen molar-refractivity contribution in [1.29, 1.82) is 0 Å². The van der Waals surface area contributed by atoms with Gasteiger partial charge in [0, 0.05) is 13.2 Å². The lowest BCUT2D eigenvalue weighted by Crippen LogP contribution is -2.31. The molecule has 2 unspecified atom stereocenters. The SMILES string of the molecule is CC1CCC(CCCOC2CCC(C3CCC(C4CCC(C=C(F)F)CC4)CC3)CC2)OC1. The molecule has 4 fully saturated rings. The maximum absolute atomic E-state index is 12.5. The molecule has 4 rings (SSSR count). The van der Waals surface area contributed by atoms with Crippen molar-refractivity contribution in [2.45, 2.75) is 122 Å². The summed E-state index contributed by atoms with van der Waals surface area (Å²) in [4.78, 5) is 0. The fourth-order valence-corrected chi connectivity index (χ4v) is 7.50. The molecule has 0 spiro atoms. The first-order valence-corrected chi connectivity index (χ1v) is 14.3. The van der Waals surface area contributed by atoms with E-state index in [1.807, 2.05) is 0 Å². The van der Waals surface area contributed by atoms with E-state index < -0.39 is 6.08 Å². The minimum atomic E-state index is -1.48. The Kier molecular flexibility index (Phi) is 10.1. The molecule has 190 valence electrons. The van der Waals surface area contributed by atoms with Gasteiger partial charge in [0.05, 0.1) is 12.2 Å². The zero-order valence-electron chi connectivity index (χ0n) is 21.0. The number of hydrogen-bond donors (Lipinski definition) is 0. The fraction of sp³-hybridized carbons (Fsp3) is 0.931. The minimum Gasteiger partial charge on any atom is -0.378 e. The summed E-state index contributed by atoms with van der Waals surface area (Å²) in [6, 6.07) is 0. The van der Waals surface area contributed by atoms with Crippen molar-refractivity contribution in [3.63, 3.8) is 0 Å². The highest BCUT2D eigenvalue weighted by Gasteiger charge is 2.34. The number of halogens is 2. The Morgan fingerprint density at radius 1 is 0.758 bits per heavy atom. The number of rotatable bonds is 8. The minimum absolute atomic E-state index is 0.129. The van der Waals surface area contributed by atoms with Gasteiger partial charge >= 0.3 is 0 Å². The third kappa shape index (κ3) is 8.02. The Morgan fingerprint density at radius 3 is 1.82 bits per heavy atom. The zero-order valence-corrected chi connectivity index (χ0v) is 21.0. The van der Waals surface area contributed by atoms with Gasteiger partial charge in [0.25, 0.3) is 6.08 Å². The van der Waals surface area contributed by atoms with E-state index in [1.54, 1.807) is 0 Å². The van der Waals surface area contributed by atoms with E-state index in [-0.39, 0.29) is 5.92 Å². The second kappa shape index (κ2) is 13.0. The monoisotopic (exact) mass is 466 g/mol. The van der Waals surface area contributed by atoms with E-state index in [4.69, 9.17) is 9.47 Å². The van der Waals surface area contributed by atoms with Gasteiger partial charge in [-0.1, -0.05) is 6.92 Å². The Balaban J connectivity index is 1.06. The highest BCUT2D eigenvalue weighted by molar-refractivity contribution is 4.92. The summed E-state index contributed by atoms with van der Waals surface area (Å²) in [5.74, 6) is 4.36. The predicted octanol–water partition coefficient (Wildman–Crippen LogP) is 8.55. The molecule has 1 aliphatic heterocycles. The largest absolute Gasteiger partial charge is 0.378 e. The molecular formula is C29H48F2O2. The van der Waals surface area contributed by atoms with Crippen LogP contribution in [0.5, 0.6) is 0 Å². The Bertz CT molecular complexity index is 572. The van der Waals surface area contributed by atoms with Gasteiger partial charge in [0.1, 0.15) is 0 Å². The first-order chi connectivity index (χ1) is 16.1. The van der Waals surface area contributed by atoms with Gasteiger partial charge < -0.3 is 9.47 Å². The van der Waals surface area contributed by atoms with Crippen molar-refractivity contribution in [3.05, 3.63) is 12.2 Å². The smallest absolute Gasteiger partial charge is 0.266 e. The molecule has 0 bridgehead atoms. The molecule has 1 heterocycles. The summed E-state index contributed by atoms with van der Waals surface area (Å²) in [6.07, 6.45) is 20.6. The van der Waals surface area contributed by atoms with Crippen molar-refractivity contribution < 1.29 is 18.3 Å². The van der Waals surface area contributed by atoms with Crippen molar-refractivity contribution in [3.8, 4) is 0 Å². The summed E-state index contributed by atoms with van der Waals surface area (Å²) < 4.78 is 37.2. The Morgan fingerprint density at radius 2 is 1.30 bits per heavy atom. The van der Waals surface area contributed by atoms with E-state index in [0.29, 0.717) is 12.2 Å². The lowest BCUT2D eigenvalue weighted by Gasteiger charge is -2.41. The van der Waals surface area contributed by atoms with Crippen LogP contribution in [0.4, 0.5) is 8.78 Å². The molecule has 2 atom stereocenters. The number of hydrogen-bond acceptors (Lipinski definition) is 2. The summed E-state index contributed by atoms with van der Waals surface area (Å²) in [7, 11) is 0. The number of allylic oxidation sites excluding steroid dienone is 1. The van der Waals surface area contributed by atoms with E-state index in [2.05, 4.69) is 6.92 Å². The maximum atomic E-state index is 12.5. The molecular weight excluding hydrogens is 418 g/mol. The first-order valence-electron chi connectivity index (χ1n) is 14.3. The summed E-state index contributed by atoms with van der Waals surface area (Å²) in [6.45, 7) is 4.13. The van der Waals surface area contributed by atoms with Crippen LogP contribution in [-0.4, -0.2) is 25.4 Å². The lowest BCUT2D eigenvalue weighted by atomic mass is 9.65. The topological polar surface area (TPSA) is 18.5 Å². The molecule has 0 aromatic rings. The third-order valence-corrected chi connectivity index (χ3v) is 9.67. The standard InChI is InChI=1S/C29H48F2O2/c1-21-4-15-27(33-20-21)3-2-18-32-28-16-13-26(14-17-28)25-11-9-24(10-12-25)23-7-5-22(6-8-23)19-29(30)31/h19,21-28H,2-18,20H2,1H3. The predicted molar refractivity (Wildman–Crippen MR) is 130 cm³/mol. The summed E-state index contributed by atoms with van der Waals surface area (Å²) in [5.41, 5.74) is 0. The molecule has 4 heteroatoms. The van der Waals surface area contributed by atoms with E-state index in [0.717, 1.165) is 81.3 Å². The molecule has 2 nitrogen and oxygen atoms in total.